The molecular formula is C26H30FN3O6S. The molecule has 2 aromatic carbocycles. The largest absolute Gasteiger partial charge is 0.489 e. The quantitative estimate of drug-likeness (QED) is 0.562. The minimum Gasteiger partial charge on any atom is -0.489 e. The van der Waals surface area contributed by atoms with E-state index in [9.17, 15) is 27.5 Å². The van der Waals surface area contributed by atoms with E-state index in [-0.39, 0.29) is 17.6 Å². The van der Waals surface area contributed by atoms with Crippen LogP contribution < -0.4 is 9.46 Å². The number of rotatable bonds is 7. The molecule has 2 amide bonds. The fraction of sp³-hybridized carbons (Fsp3) is 0.462. The first-order chi connectivity index (χ1) is 17.6. The van der Waals surface area contributed by atoms with Crippen LogP contribution in [0.2, 0.25) is 0 Å². The summed E-state index contributed by atoms with van der Waals surface area (Å²) in [7, 11) is -3.82. The van der Waals surface area contributed by atoms with Gasteiger partial charge in [-0.1, -0.05) is 18.2 Å². The van der Waals surface area contributed by atoms with Gasteiger partial charge in [-0.25, -0.2) is 22.3 Å². The Kier molecular flexibility index (Phi) is 6.84. The summed E-state index contributed by atoms with van der Waals surface area (Å²) in [4.78, 5) is 27.4. The van der Waals surface area contributed by atoms with Crippen LogP contribution in [0.3, 0.4) is 0 Å². The molecule has 0 radical (unpaired) electrons. The van der Waals surface area contributed by atoms with Gasteiger partial charge in [0, 0.05) is 25.7 Å². The van der Waals surface area contributed by atoms with Gasteiger partial charge in [-0.3, -0.25) is 14.6 Å². The molecule has 2 heterocycles. The number of carbonyl (C=O) groups is 2. The molecule has 0 aromatic heterocycles. The molecule has 37 heavy (non-hydrogen) atoms. The Labute approximate surface area is 215 Å². The second-order valence-corrected chi connectivity index (χ2v) is 11.9. The van der Waals surface area contributed by atoms with Crippen LogP contribution in [0, 0.1) is 5.82 Å². The van der Waals surface area contributed by atoms with E-state index in [1.165, 1.54) is 17.0 Å². The summed E-state index contributed by atoms with van der Waals surface area (Å²) < 4.78 is 45.9. The highest BCUT2D eigenvalue weighted by Gasteiger charge is 2.32. The minimum atomic E-state index is -3.82. The standard InChI is InChI=1S/C26H30FN3O6S/c1-37(34,35)28-25(31)21-10-20(16-7-8-16)24(11-23(21)27)36-19-6-3-9-29(14-19)12-17-4-2-5-18-13-30(26(32)33)15-22(17)18/h2,4-5,10-11,16,19H,3,6-9,12-15H2,1H3,(H,28,31)(H,32,33). The summed E-state index contributed by atoms with van der Waals surface area (Å²) >= 11 is 0. The van der Waals surface area contributed by atoms with Gasteiger partial charge in [-0.05, 0) is 66.5 Å². The Morgan fingerprint density at radius 3 is 2.68 bits per heavy atom. The molecule has 1 atom stereocenters. The third-order valence-electron chi connectivity index (χ3n) is 7.14. The van der Waals surface area contributed by atoms with Crippen LogP contribution in [0.1, 0.15) is 64.2 Å². The molecule has 3 aliphatic rings. The maximum Gasteiger partial charge on any atom is 0.407 e. The van der Waals surface area contributed by atoms with Crippen molar-refractivity contribution < 1.29 is 32.2 Å². The van der Waals surface area contributed by atoms with E-state index >= 15 is 0 Å². The van der Waals surface area contributed by atoms with Crippen LogP contribution in [0.15, 0.2) is 30.3 Å². The molecule has 2 aliphatic heterocycles. The average molecular weight is 532 g/mol. The maximum absolute atomic E-state index is 14.9. The van der Waals surface area contributed by atoms with Gasteiger partial charge in [0.2, 0.25) is 10.0 Å². The lowest BCUT2D eigenvalue weighted by Crippen LogP contribution is -2.41. The Balaban J connectivity index is 1.30. The summed E-state index contributed by atoms with van der Waals surface area (Å²) in [6.07, 6.45) is 3.26. The number of nitrogens with one attached hydrogen (secondary N) is 1. The molecule has 5 rings (SSSR count). The summed E-state index contributed by atoms with van der Waals surface area (Å²) in [5, 5.41) is 9.38. The molecule has 2 fully saturated rings. The molecule has 0 spiro atoms. The van der Waals surface area contributed by atoms with Crippen molar-refractivity contribution in [3.63, 3.8) is 0 Å². The summed E-state index contributed by atoms with van der Waals surface area (Å²) in [5.74, 6) is -1.25. The van der Waals surface area contributed by atoms with Crippen molar-refractivity contribution in [2.75, 3.05) is 19.3 Å². The summed E-state index contributed by atoms with van der Waals surface area (Å²) in [6, 6.07) is 8.59. The predicted molar refractivity (Wildman–Crippen MR) is 133 cm³/mol. The van der Waals surface area contributed by atoms with Gasteiger partial charge < -0.3 is 9.84 Å². The number of piperidine rings is 1. The molecule has 1 saturated heterocycles. The lowest BCUT2D eigenvalue weighted by atomic mass is 10.0. The number of carboxylic acid groups (broad SMARTS) is 1. The van der Waals surface area contributed by atoms with Crippen molar-refractivity contribution in [1.82, 2.24) is 14.5 Å². The fourth-order valence-electron chi connectivity index (χ4n) is 5.23. The number of amides is 2. The van der Waals surface area contributed by atoms with E-state index < -0.39 is 27.8 Å². The van der Waals surface area contributed by atoms with Gasteiger partial charge >= 0.3 is 6.09 Å². The lowest BCUT2D eigenvalue weighted by Gasteiger charge is -2.33. The zero-order valence-corrected chi connectivity index (χ0v) is 21.4. The molecule has 1 saturated carbocycles. The van der Waals surface area contributed by atoms with Crippen LogP contribution in [-0.4, -0.2) is 60.8 Å². The molecule has 1 unspecified atom stereocenters. The Hall–Kier alpha value is -3.18. The molecule has 9 nitrogen and oxygen atoms in total. The van der Waals surface area contributed by atoms with Crippen LogP contribution in [0.5, 0.6) is 5.75 Å². The fourth-order valence-corrected chi connectivity index (χ4v) is 5.68. The molecule has 198 valence electrons. The highest BCUT2D eigenvalue weighted by molar-refractivity contribution is 7.89. The van der Waals surface area contributed by atoms with E-state index in [4.69, 9.17) is 4.74 Å². The van der Waals surface area contributed by atoms with Crippen molar-refractivity contribution in [2.45, 2.75) is 57.3 Å². The van der Waals surface area contributed by atoms with Crippen molar-refractivity contribution in [3.05, 3.63) is 64.0 Å². The smallest absolute Gasteiger partial charge is 0.407 e. The van der Waals surface area contributed by atoms with Crippen molar-refractivity contribution in [3.8, 4) is 5.75 Å². The van der Waals surface area contributed by atoms with Gasteiger partial charge in [0.1, 0.15) is 17.7 Å². The third kappa shape index (κ3) is 5.88. The van der Waals surface area contributed by atoms with Gasteiger partial charge in [0.15, 0.2) is 0 Å². The first-order valence-electron chi connectivity index (χ1n) is 12.4. The molecular weight excluding hydrogens is 501 g/mol. The number of hydrogen-bond donors (Lipinski definition) is 2. The van der Waals surface area contributed by atoms with Crippen molar-refractivity contribution in [1.29, 1.82) is 0 Å². The van der Waals surface area contributed by atoms with E-state index in [1.54, 1.807) is 0 Å². The average Bonchev–Trinajstić information content (AvgIpc) is 3.55. The SMILES string of the molecule is CS(=O)(=O)NC(=O)c1cc(C2CC2)c(OC2CCCN(Cc3cccc4c3CN(C(=O)O)C4)C2)cc1F. The second kappa shape index (κ2) is 9.94. The van der Waals surface area contributed by atoms with E-state index in [0.717, 1.165) is 60.7 Å². The Morgan fingerprint density at radius 2 is 1.97 bits per heavy atom. The van der Waals surface area contributed by atoms with Crippen LogP contribution in [0.25, 0.3) is 0 Å². The van der Waals surface area contributed by atoms with Gasteiger partial charge in [-0.2, -0.15) is 0 Å². The normalized spacial score (nSPS) is 19.9. The number of sulfonamides is 1. The van der Waals surface area contributed by atoms with Crippen molar-refractivity contribution >= 4 is 22.0 Å². The van der Waals surface area contributed by atoms with Gasteiger partial charge in [-0.15, -0.1) is 0 Å². The summed E-state index contributed by atoms with van der Waals surface area (Å²) in [6.45, 7) is 2.97. The van der Waals surface area contributed by atoms with E-state index in [1.807, 2.05) is 22.9 Å². The zero-order valence-electron chi connectivity index (χ0n) is 20.6. The second-order valence-electron chi connectivity index (χ2n) is 10.2. The summed E-state index contributed by atoms with van der Waals surface area (Å²) in [5.41, 5.74) is 3.63. The monoisotopic (exact) mass is 531 g/mol. The highest BCUT2D eigenvalue weighted by atomic mass is 32.2. The highest BCUT2D eigenvalue weighted by Crippen LogP contribution is 2.45. The zero-order chi connectivity index (χ0) is 26.3. The number of halogens is 1. The number of hydrogen-bond acceptors (Lipinski definition) is 6. The van der Waals surface area contributed by atoms with Crippen LogP contribution in [0.4, 0.5) is 9.18 Å². The maximum atomic E-state index is 14.9. The molecule has 11 heteroatoms. The van der Waals surface area contributed by atoms with Crippen LogP contribution >= 0.6 is 0 Å². The predicted octanol–water partition coefficient (Wildman–Crippen LogP) is 3.43. The first kappa shape index (κ1) is 25.5. The van der Waals surface area contributed by atoms with Crippen LogP contribution in [-0.2, 0) is 29.7 Å². The van der Waals surface area contributed by atoms with Crippen molar-refractivity contribution in [2.24, 2.45) is 0 Å². The third-order valence-corrected chi connectivity index (χ3v) is 7.70. The number of nitrogens with zero attached hydrogens (tertiary/aromatic N) is 2. The molecule has 2 N–H and O–H groups in total. The lowest BCUT2D eigenvalue weighted by molar-refractivity contribution is 0.0830. The molecule has 0 bridgehead atoms. The number of fused-ring (bicyclic) bond motifs is 1. The Morgan fingerprint density at radius 1 is 1.19 bits per heavy atom. The van der Waals surface area contributed by atoms with Gasteiger partial charge in [0.05, 0.1) is 18.4 Å². The molecule has 2 aromatic rings. The first-order valence-corrected chi connectivity index (χ1v) is 14.3. The Bertz CT molecular complexity index is 1340. The number of carbonyl (C=O) groups excluding carboxylic acids is 1. The number of likely N-dealkylation sites (tertiary alicyclic amines) is 1. The molecule has 1 aliphatic carbocycles. The van der Waals surface area contributed by atoms with Gasteiger partial charge in [0.25, 0.3) is 5.91 Å². The minimum absolute atomic E-state index is 0.157. The number of ether oxygens (including phenoxy) is 1. The van der Waals surface area contributed by atoms with E-state index in [2.05, 4.69) is 4.90 Å². The topological polar surface area (TPSA) is 116 Å². The van der Waals surface area contributed by atoms with E-state index in [0.29, 0.717) is 31.9 Å². The number of benzene rings is 2.